The maximum absolute atomic E-state index is 12.5. The summed E-state index contributed by atoms with van der Waals surface area (Å²) < 4.78 is 37.6. The zero-order valence-corrected chi connectivity index (χ0v) is 11.4. The summed E-state index contributed by atoms with van der Waals surface area (Å²) >= 11 is 0. The van der Waals surface area contributed by atoms with Gasteiger partial charge in [-0.3, -0.25) is 9.69 Å². The van der Waals surface area contributed by atoms with Crippen LogP contribution in [0.15, 0.2) is 24.3 Å². The molecule has 21 heavy (non-hydrogen) atoms. The number of primary amides is 1. The van der Waals surface area contributed by atoms with Crippen molar-refractivity contribution in [2.24, 2.45) is 5.73 Å². The summed E-state index contributed by atoms with van der Waals surface area (Å²) in [6.07, 6.45) is -3.68. The molecule has 0 aliphatic carbocycles. The highest BCUT2D eigenvalue weighted by Crippen LogP contribution is 2.35. The Bertz CT molecular complexity index is 506. The number of nitrogens with two attached hydrogens (primary N) is 1. The summed E-state index contributed by atoms with van der Waals surface area (Å²) in [5, 5.41) is 10.6. The van der Waals surface area contributed by atoms with Crippen molar-refractivity contribution < 1.29 is 23.1 Å². The van der Waals surface area contributed by atoms with Gasteiger partial charge in [0.05, 0.1) is 17.7 Å². The largest absolute Gasteiger partial charge is 0.416 e. The lowest BCUT2D eigenvalue weighted by atomic mass is 9.84. The maximum atomic E-state index is 12.5. The Hall–Kier alpha value is -1.60. The van der Waals surface area contributed by atoms with Crippen molar-refractivity contribution in [1.82, 2.24) is 4.90 Å². The fourth-order valence-corrected chi connectivity index (χ4v) is 2.56. The van der Waals surface area contributed by atoms with Crippen molar-refractivity contribution in [2.45, 2.75) is 24.6 Å². The molecule has 1 fully saturated rings. The molecule has 1 saturated heterocycles. The summed E-state index contributed by atoms with van der Waals surface area (Å²) in [6.45, 7) is 1.07. The molecule has 1 aliphatic rings. The van der Waals surface area contributed by atoms with Gasteiger partial charge >= 0.3 is 6.18 Å². The van der Waals surface area contributed by atoms with Crippen LogP contribution in [0.25, 0.3) is 0 Å². The normalized spacial score (nSPS) is 19.4. The van der Waals surface area contributed by atoms with Crippen LogP contribution in [0.4, 0.5) is 13.2 Å². The Labute approximate surface area is 120 Å². The van der Waals surface area contributed by atoms with E-state index in [-0.39, 0.29) is 6.54 Å². The Morgan fingerprint density at radius 2 is 1.76 bits per heavy atom. The van der Waals surface area contributed by atoms with Crippen LogP contribution in [0.5, 0.6) is 0 Å². The molecule has 1 aromatic carbocycles. The van der Waals surface area contributed by atoms with E-state index in [9.17, 15) is 23.1 Å². The molecule has 0 aromatic heterocycles. The number of nitrogens with zero attached hydrogens (tertiary/aromatic N) is 1. The van der Waals surface area contributed by atoms with Crippen LogP contribution >= 0.6 is 0 Å². The van der Waals surface area contributed by atoms with E-state index >= 15 is 0 Å². The number of likely N-dealkylation sites (tertiary alicyclic amines) is 1. The van der Waals surface area contributed by atoms with E-state index in [2.05, 4.69) is 0 Å². The molecule has 1 aromatic rings. The van der Waals surface area contributed by atoms with Gasteiger partial charge in [-0.1, -0.05) is 12.1 Å². The number of alkyl halides is 3. The van der Waals surface area contributed by atoms with Gasteiger partial charge < -0.3 is 10.8 Å². The summed E-state index contributed by atoms with van der Waals surface area (Å²) in [6, 6.07) is 4.57. The number of rotatable bonds is 3. The van der Waals surface area contributed by atoms with Gasteiger partial charge in [-0.15, -0.1) is 0 Å². The van der Waals surface area contributed by atoms with Crippen LogP contribution in [-0.4, -0.2) is 35.5 Å². The fourth-order valence-electron chi connectivity index (χ4n) is 2.56. The SMILES string of the molecule is NC(=O)CN1CCC(O)(c2ccc(C(F)(F)F)cc2)CC1. The van der Waals surface area contributed by atoms with E-state index in [1.165, 1.54) is 12.1 Å². The van der Waals surface area contributed by atoms with E-state index < -0.39 is 23.2 Å². The van der Waals surface area contributed by atoms with Gasteiger partial charge in [-0.25, -0.2) is 0 Å². The van der Waals surface area contributed by atoms with Crippen molar-refractivity contribution in [1.29, 1.82) is 0 Å². The molecule has 0 unspecified atom stereocenters. The maximum Gasteiger partial charge on any atom is 0.416 e. The molecule has 0 saturated carbocycles. The molecule has 2 rings (SSSR count). The van der Waals surface area contributed by atoms with Gasteiger partial charge in [0.1, 0.15) is 0 Å². The monoisotopic (exact) mass is 302 g/mol. The third-order valence-electron chi connectivity index (χ3n) is 3.81. The molecule has 0 spiro atoms. The van der Waals surface area contributed by atoms with Gasteiger partial charge in [-0.2, -0.15) is 13.2 Å². The highest BCUT2D eigenvalue weighted by atomic mass is 19.4. The van der Waals surface area contributed by atoms with Crippen molar-refractivity contribution in [3.63, 3.8) is 0 Å². The van der Waals surface area contributed by atoms with Crippen LogP contribution in [0.1, 0.15) is 24.0 Å². The first-order valence-corrected chi connectivity index (χ1v) is 6.61. The molecular weight excluding hydrogens is 285 g/mol. The van der Waals surface area contributed by atoms with Gasteiger partial charge in [0.2, 0.25) is 5.91 Å². The number of carbonyl (C=O) groups excluding carboxylic acids is 1. The lowest BCUT2D eigenvalue weighted by molar-refractivity contribution is -0.137. The van der Waals surface area contributed by atoms with Crippen LogP contribution in [0.3, 0.4) is 0 Å². The van der Waals surface area contributed by atoms with E-state index in [1.54, 1.807) is 0 Å². The first-order valence-electron chi connectivity index (χ1n) is 6.61. The third kappa shape index (κ3) is 3.74. The minimum Gasteiger partial charge on any atom is -0.385 e. The van der Waals surface area contributed by atoms with Crippen LogP contribution < -0.4 is 5.73 Å². The number of hydrogen-bond donors (Lipinski definition) is 2. The summed E-state index contributed by atoms with van der Waals surface area (Å²) in [7, 11) is 0. The van der Waals surface area contributed by atoms with E-state index in [4.69, 9.17) is 5.73 Å². The molecule has 0 radical (unpaired) electrons. The standard InChI is InChI=1S/C14H17F3N2O2/c15-14(16,17)11-3-1-10(2-4-11)13(21)5-7-19(8-6-13)9-12(18)20/h1-4,21H,5-9H2,(H2,18,20). The second-order valence-corrected chi connectivity index (χ2v) is 5.35. The third-order valence-corrected chi connectivity index (χ3v) is 3.81. The van der Waals surface area contributed by atoms with Crippen molar-refractivity contribution >= 4 is 5.91 Å². The average molecular weight is 302 g/mol. The molecule has 1 aliphatic heterocycles. The average Bonchev–Trinajstić information content (AvgIpc) is 2.40. The Kier molecular flexibility index (Phi) is 4.25. The Morgan fingerprint density at radius 3 is 2.19 bits per heavy atom. The number of halogens is 3. The highest BCUT2D eigenvalue weighted by Gasteiger charge is 2.35. The molecule has 1 heterocycles. The van der Waals surface area contributed by atoms with Crippen LogP contribution in [-0.2, 0) is 16.6 Å². The predicted molar refractivity (Wildman–Crippen MR) is 70.2 cm³/mol. The molecule has 116 valence electrons. The molecular formula is C14H17F3N2O2. The minimum atomic E-state index is -4.38. The second-order valence-electron chi connectivity index (χ2n) is 5.35. The lowest BCUT2D eigenvalue weighted by Crippen LogP contribution is -2.45. The molecule has 7 heteroatoms. The Balaban J connectivity index is 2.06. The van der Waals surface area contributed by atoms with E-state index in [0.717, 1.165) is 12.1 Å². The van der Waals surface area contributed by atoms with Crippen molar-refractivity contribution in [2.75, 3.05) is 19.6 Å². The molecule has 0 atom stereocenters. The Morgan fingerprint density at radius 1 is 1.24 bits per heavy atom. The zero-order chi connectivity index (χ0) is 15.7. The molecule has 3 N–H and O–H groups in total. The van der Waals surface area contributed by atoms with Crippen molar-refractivity contribution in [3.8, 4) is 0 Å². The van der Waals surface area contributed by atoms with Gasteiger partial charge in [0, 0.05) is 13.1 Å². The van der Waals surface area contributed by atoms with Crippen LogP contribution in [0.2, 0.25) is 0 Å². The molecule has 4 nitrogen and oxygen atoms in total. The summed E-state index contributed by atoms with van der Waals surface area (Å²) in [5.74, 6) is -0.435. The predicted octanol–water partition coefficient (Wildman–Crippen LogP) is 1.47. The second kappa shape index (κ2) is 5.65. The van der Waals surface area contributed by atoms with Gasteiger partial charge in [0.25, 0.3) is 0 Å². The van der Waals surface area contributed by atoms with Crippen molar-refractivity contribution in [3.05, 3.63) is 35.4 Å². The minimum absolute atomic E-state index is 0.128. The summed E-state index contributed by atoms with van der Waals surface area (Å²) in [4.78, 5) is 12.7. The first-order chi connectivity index (χ1) is 9.71. The number of carbonyl (C=O) groups is 1. The lowest BCUT2D eigenvalue weighted by Gasteiger charge is -2.38. The number of piperidine rings is 1. The van der Waals surface area contributed by atoms with Crippen LogP contribution in [0, 0.1) is 0 Å². The highest BCUT2D eigenvalue weighted by molar-refractivity contribution is 5.75. The zero-order valence-electron chi connectivity index (χ0n) is 11.4. The fraction of sp³-hybridized carbons (Fsp3) is 0.500. The molecule has 0 bridgehead atoms. The first kappa shape index (κ1) is 15.8. The summed E-state index contributed by atoms with van der Waals surface area (Å²) in [5.41, 5.74) is 3.69. The van der Waals surface area contributed by atoms with Gasteiger partial charge in [0.15, 0.2) is 0 Å². The quantitative estimate of drug-likeness (QED) is 0.888. The van der Waals surface area contributed by atoms with E-state index in [1.807, 2.05) is 4.90 Å². The number of hydrogen-bond acceptors (Lipinski definition) is 3. The molecule has 1 amide bonds. The topological polar surface area (TPSA) is 66.6 Å². The smallest absolute Gasteiger partial charge is 0.385 e. The van der Waals surface area contributed by atoms with E-state index in [0.29, 0.717) is 31.5 Å². The number of benzene rings is 1. The number of amides is 1. The number of aliphatic hydroxyl groups is 1. The van der Waals surface area contributed by atoms with Gasteiger partial charge in [-0.05, 0) is 30.5 Å².